The number of sulfone groups is 1. The summed E-state index contributed by atoms with van der Waals surface area (Å²) in [6, 6.07) is 15.4. The zero-order chi connectivity index (χ0) is 22.4. The predicted molar refractivity (Wildman–Crippen MR) is 127 cm³/mol. The Kier molecular flexibility index (Phi) is 7.49. The van der Waals surface area contributed by atoms with Crippen LogP contribution >= 0.6 is 11.6 Å². The molecule has 162 valence electrons. The van der Waals surface area contributed by atoms with Crippen LogP contribution < -0.4 is 5.56 Å². The van der Waals surface area contributed by atoms with E-state index in [1.54, 1.807) is 54.6 Å². The Balaban J connectivity index is 2.03. The smallest absolute Gasteiger partial charge is 0.255 e. The van der Waals surface area contributed by atoms with Crippen LogP contribution in [-0.2, 0) is 22.9 Å². The standard InChI is InChI=1S/C24H25ClN2O3S/c1-3-12-26(13-4-2)18-20-16-19-10-11-21(25)17-23(19)27(24(20)28)14-15-31(29,30)22-8-6-5-7-9-22/h3-11,16-17H,1-2,12-15,18H2. The van der Waals surface area contributed by atoms with Gasteiger partial charge >= 0.3 is 0 Å². The van der Waals surface area contributed by atoms with Crippen LogP contribution in [-0.4, -0.2) is 36.7 Å². The molecule has 1 aromatic heterocycles. The Labute approximate surface area is 187 Å². The highest BCUT2D eigenvalue weighted by atomic mass is 35.5. The molecule has 0 N–H and O–H groups in total. The maximum Gasteiger partial charge on any atom is 0.255 e. The molecular formula is C24H25ClN2O3S. The van der Waals surface area contributed by atoms with E-state index in [4.69, 9.17) is 11.6 Å². The molecule has 7 heteroatoms. The van der Waals surface area contributed by atoms with Crippen molar-refractivity contribution in [1.29, 1.82) is 0 Å². The third-order valence-electron chi connectivity index (χ3n) is 4.99. The van der Waals surface area contributed by atoms with Crippen molar-refractivity contribution in [3.63, 3.8) is 0 Å². The largest absolute Gasteiger partial charge is 0.307 e. The Morgan fingerprint density at radius 2 is 1.68 bits per heavy atom. The van der Waals surface area contributed by atoms with Gasteiger partial charge in [0.2, 0.25) is 0 Å². The summed E-state index contributed by atoms with van der Waals surface area (Å²) >= 11 is 6.17. The summed E-state index contributed by atoms with van der Waals surface area (Å²) in [5.74, 6) is -0.189. The number of pyridine rings is 1. The summed E-state index contributed by atoms with van der Waals surface area (Å²) in [6.45, 7) is 9.18. The first-order valence-corrected chi connectivity index (χ1v) is 11.9. The van der Waals surface area contributed by atoms with Crippen molar-refractivity contribution in [3.05, 3.63) is 101 Å². The molecule has 2 aromatic carbocycles. The topological polar surface area (TPSA) is 59.4 Å². The summed E-state index contributed by atoms with van der Waals surface area (Å²) in [5, 5.41) is 1.31. The lowest BCUT2D eigenvalue weighted by Gasteiger charge is -2.20. The molecule has 31 heavy (non-hydrogen) atoms. The molecule has 0 bridgehead atoms. The summed E-state index contributed by atoms with van der Waals surface area (Å²) in [6.07, 6.45) is 3.55. The van der Waals surface area contributed by atoms with Gasteiger partial charge in [-0.3, -0.25) is 9.69 Å². The summed E-state index contributed by atoms with van der Waals surface area (Å²) in [5.41, 5.74) is 0.968. The molecule has 0 spiro atoms. The molecule has 0 atom stereocenters. The van der Waals surface area contributed by atoms with E-state index in [9.17, 15) is 13.2 Å². The van der Waals surface area contributed by atoms with Crippen molar-refractivity contribution >= 4 is 32.3 Å². The third kappa shape index (κ3) is 5.53. The highest BCUT2D eigenvalue weighted by Crippen LogP contribution is 2.20. The van der Waals surface area contributed by atoms with Gasteiger partial charge in [-0.15, -0.1) is 13.2 Å². The van der Waals surface area contributed by atoms with Gasteiger partial charge < -0.3 is 4.57 Å². The predicted octanol–water partition coefficient (Wildman–Crippen LogP) is 4.30. The van der Waals surface area contributed by atoms with Gasteiger partial charge in [0.05, 0.1) is 16.2 Å². The van der Waals surface area contributed by atoms with E-state index in [2.05, 4.69) is 13.2 Å². The zero-order valence-corrected chi connectivity index (χ0v) is 18.8. The van der Waals surface area contributed by atoms with Crippen LogP contribution in [0, 0.1) is 0 Å². The lowest BCUT2D eigenvalue weighted by molar-refractivity contribution is 0.325. The molecule has 0 aliphatic rings. The maximum absolute atomic E-state index is 13.3. The molecule has 0 fully saturated rings. The van der Waals surface area contributed by atoms with E-state index >= 15 is 0 Å². The molecule has 0 radical (unpaired) electrons. The molecule has 3 aromatic rings. The summed E-state index contributed by atoms with van der Waals surface area (Å²) < 4.78 is 27.1. The molecular weight excluding hydrogens is 432 g/mol. The van der Waals surface area contributed by atoms with Gasteiger partial charge in [0.1, 0.15) is 0 Å². The number of hydrogen-bond acceptors (Lipinski definition) is 4. The van der Waals surface area contributed by atoms with Gasteiger partial charge in [0.15, 0.2) is 9.84 Å². The molecule has 0 aliphatic carbocycles. The Hall–Kier alpha value is -2.67. The fourth-order valence-corrected chi connectivity index (χ4v) is 4.90. The van der Waals surface area contributed by atoms with Crippen molar-refractivity contribution in [3.8, 4) is 0 Å². The van der Waals surface area contributed by atoms with Crippen LogP contribution in [0.1, 0.15) is 5.56 Å². The minimum absolute atomic E-state index is 0.0314. The Morgan fingerprint density at radius 3 is 2.32 bits per heavy atom. The lowest BCUT2D eigenvalue weighted by Crippen LogP contribution is -2.32. The number of rotatable bonds is 10. The first kappa shape index (κ1) is 23.0. The number of halogens is 1. The normalized spacial score (nSPS) is 11.7. The zero-order valence-electron chi connectivity index (χ0n) is 17.2. The van der Waals surface area contributed by atoms with Crippen LogP contribution in [0.2, 0.25) is 5.02 Å². The molecule has 0 saturated heterocycles. The Morgan fingerprint density at radius 1 is 1.00 bits per heavy atom. The quantitative estimate of drug-likeness (QED) is 0.427. The molecule has 5 nitrogen and oxygen atoms in total. The molecule has 0 unspecified atom stereocenters. The molecule has 3 rings (SSSR count). The maximum atomic E-state index is 13.3. The first-order chi connectivity index (χ1) is 14.9. The third-order valence-corrected chi connectivity index (χ3v) is 6.93. The number of aromatic nitrogens is 1. The second kappa shape index (κ2) is 10.1. The van der Waals surface area contributed by atoms with Crippen molar-refractivity contribution in [2.24, 2.45) is 0 Å². The van der Waals surface area contributed by atoms with Crippen molar-refractivity contribution in [2.75, 3.05) is 18.8 Å². The number of hydrogen-bond donors (Lipinski definition) is 0. The van der Waals surface area contributed by atoms with Crippen LogP contribution in [0.5, 0.6) is 0 Å². The molecule has 0 amide bonds. The number of fused-ring (bicyclic) bond motifs is 1. The molecule has 0 saturated carbocycles. The highest BCUT2D eigenvalue weighted by molar-refractivity contribution is 7.91. The Bertz CT molecular complexity index is 1240. The fourth-order valence-electron chi connectivity index (χ4n) is 3.51. The average molecular weight is 457 g/mol. The lowest BCUT2D eigenvalue weighted by atomic mass is 10.1. The average Bonchev–Trinajstić information content (AvgIpc) is 2.75. The van der Waals surface area contributed by atoms with E-state index in [0.717, 1.165) is 5.39 Å². The molecule has 0 aliphatic heterocycles. The monoisotopic (exact) mass is 456 g/mol. The van der Waals surface area contributed by atoms with E-state index in [-0.39, 0.29) is 22.8 Å². The molecule has 1 heterocycles. The van der Waals surface area contributed by atoms with Crippen LogP contribution in [0.3, 0.4) is 0 Å². The van der Waals surface area contributed by atoms with E-state index in [1.807, 2.05) is 17.0 Å². The van der Waals surface area contributed by atoms with Crippen molar-refractivity contribution in [1.82, 2.24) is 9.47 Å². The van der Waals surface area contributed by atoms with Gasteiger partial charge in [-0.2, -0.15) is 0 Å². The van der Waals surface area contributed by atoms with Gasteiger partial charge in [-0.05, 0) is 35.7 Å². The van der Waals surface area contributed by atoms with Gasteiger partial charge in [0.25, 0.3) is 5.56 Å². The van der Waals surface area contributed by atoms with Crippen molar-refractivity contribution < 1.29 is 8.42 Å². The first-order valence-electron chi connectivity index (χ1n) is 9.89. The fraction of sp³-hybridized carbons (Fsp3) is 0.208. The second-order valence-electron chi connectivity index (χ2n) is 7.23. The van der Waals surface area contributed by atoms with E-state index in [1.165, 1.54) is 4.57 Å². The summed E-state index contributed by atoms with van der Waals surface area (Å²) in [7, 11) is -3.54. The van der Waals surface area contributed by atoms with Crippen LogP contribution in [0.15, 0.2) is 89.6 Å². The van der Waals surface area contributed by atoms with E-state index < -0.39 is 9.84 Å². The minimum Gasteiger partial charge on any atom is -0.307 e. The van der Waals surface area contributed by atoms with Gasteiger partial charge in [-0.25, -0.2) is 8.42 Å². The summed E-state index contributed by atoms with van der Waals surface area (Å²) in [4.78, 5) is 15.6. The SMILES string of the molecule is C=CCN(CC=C)Cc1cc2ccc(Cl)cc2n(CCS(=O)(=O)c2ccccc2)c1=O. The van der Waals surface area contributed by atoms with Gasteiger partial charge in [0, 0.05) is 36.8 Å². The van der Waals surface area contributed by atoms with Crippen molar-refractivity contribution in [2.45, 2.75) is 18.0 Å². The van der Waals surface area contributed by atoms with Crippen LogP contribution in [0.25, 0.3) is 10.9 Å². The number of nitrogens with zero attached hydrogens (tertiary/aromatic N) is 2. The van der Waals surface area contributed by atoms with Gasteiger partial charge in [-0.1, -0.05) is 48.0 Å². The highest BCUT2D eigenvalue weighted by Gasteiger charge is 2.17. The minimum atomic E-state index is -3.54. The number of benzene rings is 2. The van der Waals surface area contributed by atoms with Crippen LogP contribution in [0.4, 0.5) is 0 Å². The second-order valence-corrected chi connectivity index (χ2v) is 9.78. The van der Waals surface area contributed by atoms with E-state index in [0.29, 0.717) is 35.7 Å². The number of aryl methyl sites for hydroxylation is 1.